The Kier molecular flexibility index (Phi) is 10.5. The zero-order valence-electron chi connectivity index (χ0n) is 34.5. The van der Waals surface area contributed by atoms with Crippen LogP contribution in [0.4, 0.5) is 0 Å². The Morgan fingerprint density at radius 1 is 0.746 bits per heavy atom. The molecule has 0 bridgehead atoms. The van der Waals surface area contributed by atoms with Gasteiger partial charge in [0.15, 0.2) is 0 Å². The number of hydrogen-bond donors (Lipinski definition) is 1. The summed E-state index contributed by atoms with van der Waals surface area (Å²) in [5.74, 6) is 1.07. The van der Waals surface area contributed by atoms with Crippen LogP contribution >= 0.6 is 11.3 Å². The third kappa shape index (κ3) is 7.35. The largest absolute Gasteiger partial charge is 0.507 e. The van der Waals surface area contributed by atoms with Crippen LogP contribution in [0.3, 0.4) is 0 Å². The number of furan rings is 1. The summed E-state index contributed by atoms with van der Waals surface area (Å²) in [4.78, 5) is 9.76. The van der Waals surface area contributed by atoms with Crippen LogP contribution < -0.4 is 5.19 Å². The zero-order valence-corrected chi connectivity index (χ0v) is 38.6. The zero-order chi connectivity index (χ0) is 40.5. The van der Waals surface area contributed by atoms with Crippen molar-refractivity contribution in [2.75, 3.05) is 0 Å². The molecule has 0 saturated carbocycles. The van der Waals surface area contributed by atoms with E-state index in [1.165, 1.54) is 48.5 Å². The number of fused-ring (bicyclic) bond motifs is 1. The van der Waals surface area contributed by atoms with Gasteiger partial charge in [0, 0.05) is 42.9 Å². The maximum Gasteiger partial charge on any atom is 0.149 e. The Morgan fingerprint density at radius 2 is 1.46 bits per heavy atom. The Bertz CT molecular complexity index is 3050. The molecule has 0 saturated heterocycles. The van der Waals surface area contributed by atoms with Crippen molar-refractivity contribution in [2.45, 2.75) is 59.7 Å². The summed E-state index contributed by atoms with van der Waals surface area (Å²) in [6, 6.07) is 45.2. The van der Waals surface area contributed by atoms with Crippen molar-refractivity contribution in [3.8, 4) is 45.2 Å². The topological polar surface area (TPSA) is 64.1 Å². The fourth-order valence-corrected chi connectivity index (χ4v) is 10.4. The van der Waals surface area contributed by atoms with Gasteiger partial charge in [-0.05, 0) is 93.7 Å². The minimum atomic E-state index is -1.50. The third-order valence-corrected chi connectivity index (χ3v) is 14.2. The molecule has 0 atom stereocenters. The van der Waals surface area contributed by atoms with Crippen LogP contribution in [0.2, 0.25) is 19.6 Å². The molecule has 0 aliphatic heterocycles. The summed E-state index contributed by atoms with van der Waals surface area (Å²) in [6.07, 6.45) is 2.01. The van der Waals surface area contributed by atoms with Crippen LogP contribution in [-0.2, 0) is 26.5 Å². The van der Waals surface area contributed by atoms with Crippen LogP contribution in [0, 0.1) is 19.9 Å². The number of aryl methyl sites for hydroxylation is 2. The average Bonchev–Trinajstić information content (AvgIpc) is 3.90. The number of pyridine rings is 1. The number of phenols is 1. The Morgan fingerprint density at radius 3 is 2.17 bits per heavy atom. The molecule has 0 unspecified atom stereocenters. The van der Waals surface area contributed by atoms with E-state index >= 15 is 0 Å². The molecular formula is C51H46N3O2PtSSi-. The van der Waals surface area contributed by atoms with Crippen LogP contribution in [-0.4, -0.2) is 27.7 Å². The smallest absolute Gasteiger partial charge is 0.149 e. The summed E-state index contributed by atoms with van der Waals surface area (Å²) in [7, 11) is -1.50. The molecular weight excluding hydrogens is 942 g/mol. The van der Waals surface area contributed by atoms with Gasteiger partial charge in [-0.15, -0.1) is 11.6 Å². The Labute approximate surface area is 365 Å². The van der Waals surface area contributed by atoms with Gasteiger partial charge >= 0.3 is 0 Å². The molecule has 59 heavy (non-hydrogen) atoms. The van der Waals surface area contributed by atoms with Crippen LogP contribution in [0.1, 0.15) is 37.5 Å². The number of nitrogens with zero attached hydrogens (tertiary/aromatic N) is 3. The molecule has 10 aromatic rings. The number of hydrogen-bond acceptors (Lipinski definition) is 5. The van der Waals surface area contributed by atoms with Crippen molar-refractivity contribution < 1.29 is 30.6 Å². The molecule has 298 valence electrons. The predicted molar refractivity (Wildman–Crippen MR) is 247 cm³/mol. The first-order valence-corrected chi connectivity index (χ1v) is 24.1. The second-order valence-electron chi connectivity index (χ2n) is 17.3. The van der Waals surface area contributed by atoms with E-state index in [0.717, 1.165) is 55.2 Å². The minimum absolute atomic E-state index is 0. The number of rotatable bonds is 5. The molecule has 5 nitrogen and oxygen atoms in total. The van der Waals surface area contributed by atoms with Gasteiger partial charge in [-0.3, -0.25) is 4.57 Å². The molecule has 0 aliphatic rings. The number of aromatic hydroxyl groups is 1. The molecule has 4 heterocycles. The van der Waals surface area contributed by atoms with Crippen molar-refractivity contribution in [2.24, 2.45) is 0 Å². The first-order valence-electron chi connectivity index (χ1n) is 19.8. The Balaban J connectivity index is 0.000000162. The second kappa shape index (κ2) is 15.4. The second-order valence-corrected chi connectivity index (χ2v) is 23.4. The summed E-state index contributed by atoms with van der Waals surface area (Å²) in [5.41, 5.74) is 13.6. The average molecular weight is 988 g/mol. The van der Waals surface area contributed by atoms with E-state index in [0.29, 0.717) is 5.75 Å². The summed E-state index contributed by atoms with van der Waals surface area (Å²) >= 11 is 1.77. The van der Waals surface area contributed by atoms with Crippen LogP contribution in [0.25, 0.3) is 81.8 Å². The molecule has 6 aromatic carbocycles. The van der Waals surface area contributed by atoms with Crippen LogP contribution in [0.5, 0.6) is 5.75 Å². The number of para-hydroxylation sites is 3. The van der Waals surface area contributed by atoms with E-state index in [9.17, 15) is 5.11 Å². The van der Waals surface area contributed by atoms with Gasteiger partial charge in [0.1, 0.15) is 17.2 Å². The van der Waals surface area contributed by atoms with Crippen molar-refractivity contribution in [3.63, 3.8) is 0 Å². The van der Waals surface area contributed by atoms with Crippen molar-refractivity contribution in [1.82, 2.24) is 14.5 Å². The SMILES string of the molecule is CC(C)(C)c1cc(-c2[c-]c3sc4cccc5oc(c2)c3c54)ncc1-c1ccccc1.Cc1cccc(C)c1-n1c(-c2ccc([Si](C)(C)C)cc2O)nc2ccccc21.[Pt]. The molecule has 4 aromatic heterocycles. The molecule has 10 rings (SSSR count). The van der Waals surface area contributed by atoms with E-state index in [1.807, 2.05) is 48.7 Å². The number of thiophene rings is 1. The molecule has 1 N–H and O–H groups in total. The van der Waals surface area contributed by atoms with Gasteiger partial charge in [0.25, 0.3) is 0 Å². The van der Waals surface area contributed by atoms with Gasteiger partial charge in [-0.1, -0.05) is 131 Å². The van der Waals surface area contributed by atoms with E-state index in [2.05, 4.69) is 144 Å². The summed E-state index contributed by atoms with van der Waals surface area (Å²) in [5, 5.41) is 14.6. The van der Waals surface area contributed by atoms with Crippen LogP contribution in [0.15, 0.2) is 132 Å². The molecule has 0 fully saturated rings. The van der Waals surface area contributed by atoms with Gasteiger partial charge in [0.2, 0.25) is 0 Å². The minimum Gasteiger partial charge on any atom is -0.507 e. The quantitative estimate of drug-likeness (QED) is 0.138. The molecule has 0 radical (unpaired) electrons. The van der Waals surface area contributed by atoms with Gasteiger partial charge in [-0.25, -0.2) is 4.98 Å². The molecule has 0 spiro atoms. The van der Waals surface area contributed by atoms with E-state index in [4.69, 9.17) is 14.4 Å². The van der Waals surface area contributed by atoms with Crippen molar-refractivity contribution >= 4 is 67.0 Å². The number of phenolic OH excluding ortho intramolecular Hbond substituents is 1. The standard InChI is InChI=1S/C27H20NOS.C24H26N2OSi.Pt/c1-27(2,3)19-14-20(28-15-18(19)16-8-5-4-6-9-16)17-12-22-26-24(13-17)30-23-11-7-10-21(29-22)25(23)26;1-16-9-8-10-17(2)23(16)26-21-12-7-6-11-20(21)25-24(26)19-14-13-18(15-22(19)27)28(3,4)5;/h4-12,14-15H,1-3H3;6-15,27H,1-5H3;/q-1;;. The number of benzene rings is 6. The maximum atomic E-state index is 10.9. The maximum absolute atomic E-state index is 10.9. The third-order valence-electron chi connectivity index (χ3n) is 11.1. The fraction of sp³-hybridized carbons (Fsp3) is 0.176. The van der Waals surface area contributed by atoms with Crippen molar-refractivity contribution in [1.29, 1.82) is 0 Å². The first-order chi connectivity index (χ1) is 27.8. The van der Waals surface area contributed by atoms with E-state index < -0.39 is 8.07 Å². The fourth-order valence-electron chi connectivity index (χ4n) is 8.07. The number of aromatic nitrogens is 3. The summed E-state index contributed by atoms with van der Waals surface area (Å²) < 4.78 is 10.7. The van der Waals surface area contributed by atoms with Gasteiger partial charge in [0.05, 0.1) is 35.9 Å². The van der Waals surface area contributed by atoms with Crippen molar-refractivity contribution in [3.05, 3.63) is 150 Å². The predicted octanol–water partition coefficient (Wildman–Crippen LogP) is 13.6. The normalized spacial score (nSPS) is 12.0. The van der Waals surface area contributed by atoms with E-state index in [1.54, 1.807) is 11.3 Å². The molecule has 0 amide bonds. The Hall–Kier alpha value is -5.33. The first kappa shape index (κ1) is 40.4. The molecule has 0 aliphatic carbocycles. The molecule has 8 heteroatoms. The number of imidazole rings is 1. The monoisotopic (exact) mass is 987 g/mol. The van der Waals surface area contributed by atoms with Gasteiger partial charge in [-0.2, -0.15) is 11.3 Å². The van der Waals surface area contributed by atoms with E-state index in [-0.39, 0.29) is 26.5 Å². The van der Waals surface area contributed by atoms with Gasteiger partial charge < -0.3 is 14.5 Å². The summed E-state index contributed by atoms with van der Waals surface area (Å²) in [6.45, 7) is 17.8.